The van der Waals surface area contributed by atoms with Crippen LogP contribution < -0.4 is 0 Å². The van der Waals surface area contributed by atoms with Gasteiger partial charge in [-0.15, -0.1) is 0 Å². The van der Waals surface area contributed by atoms with Crippen LogP contribution in [0, 0.1) is 11.8 Å². The zero-order chi connectivity index (χ0) is 11.7. The highest BCUT2D eigenvalue weighted by molar-refractivity contribution is 5.92. The van der Waals surface area contributed by atoms with Crippen molar-refractivity contribution in [3.8, 4) is 0 Å². The second-order valence-corrected chi connectivity index (χ2v) is 3.95. The molecule has 2 N–H and O–H groups in total. The number of amides is 1. The van der Waals surface area contributed by atoms with Crippen molar-refractivity contribution in [2.75, 3.05) is 13.1 Å². The summed E-state index contributed by atoms with van der Waals surface area (Å²) in [5.41, 5.74) is 0.265. The Kier molecular flexibility index (Phi) is 2.59. The lowest BCUT2D eigenvalue weighted by Crippen LogP contribution is -2.53. The third-order valence-electron chi connectivity index (χ3n) is 2.93. The van der Waals surface area contributed by atoms with E-state index in [2.05, 4.69) is 15.4 Å². The van der Waals surface area contributed by atoms with Crippen LogP contribution in [0.5, 0.6) is 0 Å². The van der Waals surface area contributed by atoms with Crippen LogP contribution in [0.4, 0.5) is 0 Å². The first-order chi connectivity index (χ1) is 7.59. The Balaban J connectivity index is 1.89. The van der Waals surface area contributed by atoms with Gasteiger partial charge in [-0.2, -0.15) is 15.4 Å². The Morgan fingerprint density at radius 3 is 2.81 bits per heavy atom. The molecule has 1 amide bonds. The van der Waals surface area contributed by atoms with Crippen LogP contribution in [-0.4, -0.2) is 50.4 Å². The second kappa shape index (κ2) is 3.92. The van der Waals surface area contributed by atoms with Crippen LogP contribution in [-0.2, 0) is 4.79 Å². The predicted octanol–water partition coefficient (Wildman–Crippen LogP) is -0.403. The number of carbonyl (C=O) groups excluding carboxylic acids is 1. The van der Waals surface area contributed by atoms with Gasteiger partial charge in [0.25, 0.3) is 5.91 Å². The SMILES string of the molecule is CC(C(=O)O)C1CN(C(=O)c2cn[nH]n2)C1. The largest absolute Gasteiger partial charge is 0.481 e. The van der Waals surface area contributed by atoms with Crippen LogP contribution in [0.1, 0.15) is 17.4 Å². The number of carboxylic acids is 1. The standard InChI is InChI=1S/C9H12N4O3/c1-5(9(15)16)6-3-13(4-6)8(14)7-2-10-12-11-7/h2,5-6H,3-4H2,1H3,(H,15,16)(H,10,11,12). The quantitative estimate of drug-likeness (QED) is 0.727. The maximum atomic E-state index is 11.7. The number of hydrogen-bond donors (Lipinski definition) is 2. The van der Waals surface area contributed by atoms with E-state index >= 15 is 0 Å². The molecule has 0 saturated carbocycles. The smallest absolute Gasteiger partial charge is 0.306 e. The van der Waals surface area contributed by atoms with Gasteiger partial charge < -0.3 is 10.0 Å². The molecule has 1 unspecified atom stereocenters. The molecular formula is C9H12N4O3. The van der Waals surface area contributed by atoms with E-state index in [1.165, 1.54) is 6.20 Å². The summed E-state index contributed by atoms with van der Waals surface area (Å²) in [4.78, 5) is 24.0. The van der Waals surface area contributed by atoms with Crippen LogP contribution in [0.3, 0.4) is 0 Å². The molecule has 0 spiro atoms. The van der Waals surface area contributed by atoms with E-state index in [4.69, 9.17) is 5.11 Å². The highest BCUT2D eigenvalue weighted by atomic mass is 16.4. The summed E-state index contributed by atoms with van der Waals surface area (Å²) in [6.07, 6.45) is 1.36. The average molecular weight is 224 g/mol. The van der Waals surface area contributed by atoms with E-state index in [1.54, 1.807) is 11.8 Å². The van der Waals surface area contributed by atoms with E-state index < -0.39 is 11.9 Å². The number of nitrogens with one attached hydrogen (secondary N) is 1. The minimum atomic E-state index is -0.821. The van der Waals surface area contributed by atoms with Gasteiger partial charge >= 0.3 is 5.97 Å². The first-order valence-electron chi connectivity index (χ1n) is 4.97. The molecular weight excluding hydrogens is 212 g/mol. The molecule has 0 bridgehead atoms. The fourth-order valence-corrected chi connectivity index (χ4v) is 1.66. The van der Waals surface area contributed by atoms with Crippen molar-refractivity contribution in [1.29, 1.82) is 0 Å². The molecule has 1 saturated heterocycles. The molecule has 0 aromatic carbocycles. The number of carboxylic acid groups (broad SMARTS) is 1. The van der Waals surface area contributed by atoms with Crippen LogP contribution >= 0.6 is 0 Å². The van der Waals surface area contributed by atoms with E-state index in [1.807, 2.05) is 0 Å². The van der Waals surface area contributed by atoms with Crippen molar-refractivity contribution >= 4 is 11.9 Å². The van der Waals surface area contributed by atoms with Gasteiger partial charge in [-0.25, -0.2) is 0 Å². The summed E-state index contributed by atoms with van der Waals surface area (Å²) >= 11 is 0. The summed E-state index contributed by atoms with van der Waals surface area (Å²) in [7, 11) is 0. The molecule has 0 aliphatic carbocycles. The molecule has 1 aromatic heterocycles. The van der Waals surface area contributed by atoms with Gasteiger partial charge in [0.05, 0.1) is 12.1 Å². The summed E-state index contributed by atoms with van der Waals surface area (Å²) < 4.78 is 0. The van der Waals surface area contributed by atoms with Crippen molar-refractivity contribution in [3.63, 3.8) is 0 Å². The van der Waals surface area contributed by atoms with E-state index in [-0.39, 0.29) is 17.5 Å². The number of aliphatic carboxylic acids is 1. The summed E-state index contributed by atoms with van der Waals surface area (Å²) in [6.45, 7) is 2.60. The third kappa shape index (κ3) is 1.75. The molecule has 1 aliphatic rings. The van der Waals surface area contributed by atoms with Crippen molar-refractivity contribution in [1.82, 2.24) is 20.3 Å². The van der Waals surface area contributed by atoms with Crippen molar-refractivity contribution < 1.29 is 14.7 Å². The van der Waals surface area contributed by atoms with Crippen LogP contribution in [0.25, 0.3) is 0 Å². The highest BCUT2D eigenvalue weighted by Gasteiger charge is 2.37. The Hall–Kier alpha value is -1.92. The molecule has 2 rings (SSSR count). The molecule has 86 valence electrons. The Morgan fingerprint density at radius 2 is 2.31 bits per heavy atom. The van der Waals surface area contributed by atoms with Crippen LogP contribution in [0.2, 0.25) is 0 Å². The van der Waals surface area contributed by atoms with E-state index in [9.17, 15) is 9.59 Å². The Labute approximate surface area is 91.4 Å². The number of rotatable bonds is 3. The fraction of sp³-hybridized carbons (Fsp3) is 0.556. The first kappa shape index (κ1) is 10.6. The van der Waals surface area contributed by atoms with Gasteiger partial charge in [-0.05, 0) is 0 Å². The fourth-order valence-electron chi connectivity index (χ4n) is 1.66. The minimum absolute atomic E-state index is 0.0355. The molecule has 1 atom stereocenters. The van der Waals surface area contributed by atoms with Gasteiger partial charge in [0.15, 0.2) is 5.69 Å². The molecule has 1 fully saturated rings. The van der Waals surface area contributed by atoms with Gasteiger partial charge in [0, 0.05) is 19.0 Å². The van der Waals surface area contributed by atoms with Crippen molar-refractivity contribution in [2.24, 2.45) is 11.8 Å². The molecule has 1 aromatic rings. The third-order valence-corrected chi connectivity index (χ3v) is 2.93. The van der Waals surface area contributed by atoms with Crippen molar-refractivity contribution in [2.45, 2.75) is 6.92 Å². The normalized spacial score (nSPS) is 17.9. The number of H-pyrrole nitrogens is 1. The highest BCUT2D eigenvalue weighted by Crippen LogP contribution is 2.24. The number of carbonyl (C=O) groups is 2. The lowest BCUT2D eigenvalue weighted by molar-refractivity contribution is -0.144. The molecule has 16 heavy (non-hydrogen) atoms. The zero-order valence-corrected chi connectivity index (χ0v) is 8.75. The monoisotopic (exact) mass is 224 g/mol. The maximum absolute atomic E-state index is 11.7. The average Bonchev–Trinajstić information content (AvgIpc) is 2.67. The molecule has 7 heteroatoms. The Morgan fingerprint density at radius 1 is 1.62 bits per heavy atom. The van der Waals surface area contributed by atoms with Gasteiger partial charge in [0.2, 0.25) is 0 Å². The Bertz CT molecular complexity index is 397. The van der Waals surface area contributed by atoms with Gasteiger partial charge in [-0.1, -0.05) is 6.92 Å². The molecule has 0 radical (unpaired) electrons. The summed E-state index contributed by atoms with van der Waals surface area (Å²) in [5, 5.41) is 18.4. The summed E-state index contributed by atoms with van der Waals surface area (Å²) in [6, 6.07) is 0. The van der Waals surface area contributed by atoms with Crippen LogP contribution in [0.15, 0.2) is 6.20 Å². The molecule has 2 heterocycles. The van der Waals surface area contributed by atoms with Crippen molar-refractivity contribution in [3.05, 3.63) is 11.9 Å². The maximum Gasteiger partial charge on any atom is 0.306 e. The number of aromatic nitrogens is 3. The number of likely N-dealkylation sites (tertiary alicyclic amines) is 1. The topological polar surface area (TPSA) is 99.2 Å². The van der Waals surface area contributed by atoms with E-state index in [0.717, 1.165) is 0 Å². The first-order valence-corrected chi connectivity index (χ1v) is 4.97. The lowest BCUT2D eigenvalue weighted by atomic mass is 9.87. The lowest BCUT2D eigenvalue weighted by Gasteiger charge is -2.40. The summed E-state index contributed by atoms with van der Waals surface area (Å²) in [5.74, 6) is -1.41. The minimum Gasteiger partial charge on any atom is -0.481 e. The molecule has 7 nitrogen and oxygen atoms in total. The number of hydrogen-bond acceptors (Lipinski definition) is 4. The number of aromatic amines is 1. The predicted molar refractivity (Wildman–Crippen MR) is 52.6 cm³/mol. The van der Waals surface area contributed by atoms with E-state index in [0.29, 0.717) is 13.1 Å². The number of nitrogens with zero attached hydrogens (tertiary/aromatic N) is 3. The van der Waals surface area contributed by atoms with Gasteiger partial charge in [0.1, 0.15) is 0 Å². The van der Waals surface area contributed by atoms with Gasteiger partial charge in [-0.3, -0.25) is 9.59 Å². The zero-order valence-electron chi connectivity index (χ0n) is 8.75. The molecule has 1 aliphatic heterocycles. The second-order valence-electron chi connectivity index (χ2n) is 3.95.